The van der Waals surface area contributed by atoms with Gasteiger partial charge < -0.3 is 9.84 Å². The molecule has 0 spiro atoms. The number of carboxylic acid groups (broad SMARTS) is 1. The number of aliphatic carboxylic acids is 1. The van der Waals surface area contributed by atoms with Crippen LogP contribution in [0.5, 0.6) is 5.75 Å². The Morgan fingerprint density at radius 1 is 1.15 bits per heavy atom. The van der Waals surface area contributed by atoms with Crippen LogP contribution in [0.3, 0.4) is 0 Å². The fourth-order valence-electron chi connectivity index (χ4n) is 3.44. The molecule has 4 aromatic rings. The fraction of sp³-hybridized carbons (Fsp3) is 0.143. The van der Waals surface area contributed by atoms with Crippen molar-refractivity contribution in [1.82, 2.24) is 9.55 Å². The van der Waals surface area contributed by atoms with E-state index in [4.69, 9.17) is 9.72 Å². The number of ether oxygens (including phenoxy) is 1. The number of benzene rings is 2. The Labute approximate surface area is 150 Å². The monoisotopic (exact) mass is 346 g/mol. The van der Waals surface area contributed by atoms with Crippen molar-refractivity contribution in [3.8, 4) is 11.6 Å². The summed E-state index contributed by atoms with van der Waals surface area (Å²) >= 11 is 0. The van der Waals surface area contributed by atoms with Crippen molar-refractivity contribution < 1.29 is 14.6 Å². The molecule has 130 valence electrons. The highest BCUT2D eigenvalue weighted by Gasteiger charge is 2.18. The Morgan fingerprint density at radius 3 is 2.73 bits per heavy atom. The minimum absolute atomic E-state index is 0.0456. The van der Waals surface area contributed by atoms with Crippen LogP contribution in [0.4, 0.5) is 0 Å². The van der Waals surface area contributed by atoms with Crippen molar-refractivity contribution in [3.05, 3.63) is 65.9 Å². The zero-order chi connectivity index (χ0) is 18.3. The number of nitrogens with zero attached hydrogens (tertiary/aromatic N) is 2. The third-order valence-electron chi connectivity index (χ3n) is 4.68. The lowest BCUT2D eigenvalue weighted by Gasteiger charge is -2.09. The van der Waals surface area contributed by atoms with Gasteiger partial charge in [0.1, 0.15) is 11.6 Å². The number of hydrogen-bond acceptors (Lipinski definition) is 3. The maximum atomic E-state index is 11.4. The lowest BCUT2D eigenvalue weighted by Crippen LogP contribution is -2.04. The Bertz CT molecular complexity index is 1140. The standard InChI is InChI=1S/C21H18N2O3/c1-13-16(12-21(24)25)17-11-15(26-2)8-9-19(17)23(13)20-10-7-14-5-3-4-6-18(14)22-20/h3-11H,12H2,1-2H3,(H,24,25). The van der Waals surface area contributed by atoms with Crippen molar-refractivity contribution in [2.75, 3.05) is 7.11 Å². The third kappa shape index (κ3) is 2.58. The van der Waals surface area contributed by atoms with E-state index in [2.05, 4.69) is 0 Å². The molecule has 0 unspecified atom stereocenters. The Hall–Kier alpha value is -3.34. The summed E-state index contributed by atoms with van der Waals surface area (Å²) in [7, 11) is 1.60. The quantitative estimate of drug-likeness (QED) is 0.604. The molecule has 0 aliphatic carbocycles. The van der Waals surface area contributed by atoms with Crippen molar-refractivity contribution in [2.45, 2.75) is 13.3 Å². The number of fused-ring (bicyclic) bond motifs is 2. The minimum atomic E-state index is -0.860. The van der Waals surface area contributed by atoms with Crippen molar-refractivity contribution in [3.63, 3.8) is 0 Å². The second-order valence-corrected chi connectivity index (χ2v) is 6.22. The molecule has 2 aromatic carbocycles. The molecule has 0 radical (unpaired) electrons. The maximum Gasteiger partial charge on any atom is 0.307 e. The molecule has 1 N–H and O–H groups in total. The molecule has 0 aliphatic heterocycles. The van der Waals surface area contributed by atoms with Crippen molar-refractivity contribution in [1.29, 1.82) is 0 Å². The predicted octanol–water partition coefficient (Wildman–Crippen LogP) is 4.12. The van der Waals surface area contributed by atoms with Gasteiger partial charge in [0.15, 0.2) is 0 Å². The van der Waals surface area contributed by atoms with Gasteiger partial charge in [0.25, 0.3) is 0 Å². The SMILES string of the molecule is COc1ccc2c(c1)c(CC(=O)O)c(C)n2-c1ccc2ccccc2n1. The van der Waals surface area contributed by atoms with Crippen LogP contribution in [-0.4, -0.2) is 27.7 Å². The molecule has 0 atom stereocenters. The van der Waals surface area contributed by atoms with E-state index in [1.807, 2.05) is 66.1 Å². The molecule has 26 heavy (non-hydrogen) atoms. The van der Waals surface area contributed by atoms with Gasteiger partial charge in [-0.3, -0.25) is 9.36 Å². The van der Waals surface area contributed by atoms with E-state index in [0.29, 0.717) is 5.75 Å². The average Bonchev–Trinajstić information content (AvgIpc) is 2.92. The lowest BCUT2D eigenvalue weighted by molar-refractivity contribution is -0.136. The number of hydrogen-bond donors (Lipinski definition) is 1. The number of aromatic nitrogens is 2. The number of rotatable bonds is 4. The normalized spacial score (nSPS) is 11.2. The summed E-state index contributed by atoms with van der Waals surface area (Å²) in [6.07, 6.45) is -0.0456. The van der Waals surface area contributed by atoms with Gasteiger partial charge in [-0.15, -0.1) is 0 Å². The highest BCUT2D eigenvalue weighted by Crippen LogP contribution is 2.32. The zero-order valence-corrected chi connectivity index (χ0v) is 14.6. The second-order valence-electron chi connectivity index (χ2n) is 6.22. The highest BCUT2D eigenvalue weighted by molar-refractivity contribution is 5.91. The molecule has 0 saturated heterocycles. The van der Waals surface area contributed by atoms with Crippen LogP contribution in [0.1, 0.15) is 11.3 Å². The van der Waals surface area contributed by atoms with Crippen LogP contribution in [0.15, 0.2) is 54.6 Å². The van der Waals surface area contributed by atoms with Gasteiger partial charge in [-0.2, -0.15) is 0 Å². The Morgan fingerprint density at radius 2 is 1.96 bits per heavy atom. The van der Waals surface area contributed by atoms with Gasteiger partial charge in [0.2, 0.25) is 0 Å². The van der Waals surface area contributed by atoms with Gasteiger partial charge in [0.05, 0.1) is 24.6 Å². The number of carboxylic acids is 1. The van der Waals surface area contributed by atoms with Gasteiger partial charge in [-0.25, -0.2) is 4.98 Å². The Balaban J connectivity index is 2.01. The molecule has 2 heterocycles. The third-order valence-corrected chi connectivity index (χ3v) is 4.68. The van der Waals surface area contributed by atoms with Crippen LogP contribution in [0.25, 0.3) is 27.6 Å². The van der Waals surface area contributed by atoms with Gasteiger partial charge in [-0.05, 0) is 48.9 Å². The largest absolute Gasteiger partial charge is 0.497 e. The van der Waals surface area contributed by atoms with E-state index in [0.717, 1.165) is 38.9 Å². The molecule has 5 heteroatoms. The summed E-state index contributed by atoms with van der Waals surface area (Å²) in [5, 5.41) is 11.3. The topological polar surface area (TPSA) is 64.3 Å². The number of methoxy groups -OCH3 is 1. The first-order valence-electron chi connectivity index (χ1n) is 8.34. The zero-order valence-electron chi connectivity index (χ0n) is 14.6. The minimum Gasteiger partial charge on any atom is -0.497 e. The molecular formula is C21H18N2O3. The van der Waals surface area contributed by atoms with Crippen molar-refractivity contribution in [2.24, 2.45) is 0 Å². The first-order chi connectivity index (χ1) is 12.6. The van der Waals surface area contributed by atoms with E-state index in [1.165, 1.54) is 0 Å². The maximum absolute atomic E-state index is 11.4. The molecule has 0 bridgehead atoms. The van der Waals surface area contributed by atoms with E-state index in [1.54, 1.807) is 7.11 Å². The van der Waals surface area contributed by atoms with Crippen LogP contribution in [0.2, 0.25) is 0 Å². The lowest BCUT2D eigenvalue weighted by atomic mass is 10.1. The molecule has 2 aromatic heterocycles. The second kappa shape index (κ2) is 6.19. The first-order valence-corrected chi connectivity index (χ1v) is 8.34. The molecule has 0 aliphatic rings. The van der Waals surface area contributed by atoms with E-state index in [9.17, 15) is 9.90 Å². The van der Waals surface area contributed by atoms with E-state index < -0.39 is 5.97 Å². The Kier molecular flexibility index (Phi) is 3.84. The molecule has 5 nitrogen and oxygen atoms in total. The van der Waals surface area contributed by atoms with Gasteiger partial charge >= 0.3 is 5.97 Å². The summed E-state index contributed by atoms with van der Waals surface area (Å²) < 4.78 is 7.34. The number of carbonyl (C=O) groups is 1. The van der Waals surface area contributed by atoms with Gasteiger partial charge in [-0.1, -0.05) is 18.2 Å². The molecule has 0 fully saturated rings. The van der Waals surface area contributed by atoms with Crippen LogP contribution in [-0.2, 0) is 11.2 Å². The predicted molar refractivity (Wildman–Crippen MR) is 101 cm³/mol. The average molecular weight is 346 g/mol. The molecular weight excluding hydrogens is 328 g/mol. The molecule has 4 rings (SSSR count). The van der Waals surface area contributed by atoms with Gasteiger partial charge in [0, 0.05) is 16.5 Å². The fourth-order valence-corrected chi connectivity index (χ4v) is 3.44. The molecule has 0 amide bonds. The summed E-state index contributed by atoms with van der Waals surface area (Å²) in [6.45, 7) is 1.93. The summed E-state index contributed by atoms with van der Waals surface area (Å²) in [6, 6.07) is 17.6. The highest BCUT2D eigenvalue weighted by atomic mass is 16.5. The summed E-state index contributed by atoms with van der Waals surface area (Å²) in [5.41, 5.74) is 3.47. The smallest absolute Gasteiger partial charge is 0.307 e. The molecule has 0 saturated carbocycles. The first kappa shape index (κ1) is 16.1. The summed E-state index contributed by atoms with van der Waals surface area (Å²) in [4.78, 5) is 16.2. The van der Waals surface area contributed by atoms with E-state index in [-0.39, 0.29) is 6.42 Å². The van der Waals surface area contributed by atoms with Crippen LogP contribution in [0, 0.1) is 6.92 Å². The van der Waals surface area contributed by atoms with Crippen LogP contribution < -0.4 is 4.74 Å². The number of pyridine rings is 1. The van der Waals surface area contributed by atoms with Crippen molar-refractivity contribution >= 4 is 27.8 Å². The van der Waals surface area contributed by atoms with E-state index >= 15 is 0 Å². The number of para-hydroxylation sites is 1. The van der Waals surface area contributed by atoms with Crippen LogP contribution >= 0.6 is 0 Å². The summed E-state index contributed by atoms with van der Waals surface area (Å²) in [5.74, 6) is 0.613.